The fraction of sp³-hybridized carbons (Fsp3) is 0.938. The van der Waals surface area contributed by atoms with Crippen LogP contribution in [0.15, 0.2) is 0 Å². The first-order valence-electron chi connectivity index (χ1n) is 16.2. The maximum Gasteiger partial charge on any atom is 0.303 e. The van der Waals surface area contributed by atoms with E-state index in [2.05, 4.69) is 15.9 Å². The van der Waals surface area contributed by atoms with Gasteiger partial charge in [-0.15, -0.1) is 0 Å². The zero-order valence-electron chi connectivity index (χ0n) is 24.9. The van der Waals surface area contributed by atoms with Gasteiger partial charge in [0.15, 0.2) is 0 Å². The van der Waals surface area contributed by atoms with E-state index in [1.807, 2.05) is 0 Å². The molecule has 0 aliphatic heterocycles. The van der Waals surface area contributed by atoms with Gasteiger partial charge in [0.2, 0.25) is 0 Å². The Bertz CT molecular complexity index is 434. The summed E-state index contributed by atoms with van der Waals surface area (Å²) in [5.41, 5.74) is 5.45. The fourth-order valence-electron chi connectivity index (χ4n) is 4.68. The second-order valence-corrected chi connectivity index (χ2v) is 11.8. The van der Waals surface area contributed by atoms with Crippen LogP contribution in [0.25, 0.3) is 0 Å². The molecule has 0 radical (unpaired) electrons. The van der Waals surface area contributed by atoms with Gasteiger partial charge in [-0.3, -0.25) is 9.59 Å². The van der Waals surface area contributed by atoms with Gasteiger partial charge in [-0.1, -0.05) is 157 Å². The van der Waals surface area contributed by atoms with Crippen molar-refractivity contribution in [1.29, 1.82) is 0 Å². The normalized spacial score (nSPS) is 10.8. The van der Waals surface area contributed by atoms with Gasteiger partial charge >= 0.3 is 11.9 Å². The highest BCUT2D eigenvalue weighted by atomic mass is 79.9. The lowest BCUT2D eigenvalue weighted by Crippen LogP contribution is -1.97. The smallest absolute Gasteiger partial charge is 0.303 e. The molecule has 6 heteroatoms. The number of halogens is 1. The molecular weight excluding hydrogens is 542 g/mol. The van der Waals surface area contributed by atoms with Crippen LogP contribution in [0.3, 0.4) is 0 Å². The highest BCUT2D eigenvalue weighted by Gasteiger charge is 1.98. The molecule has 0 aliphatic carbocycles. The van der Waals surface area contributed by atoms with Gasteiger partial charge in [-0.05, 0) is 32.2 Å². The molecule has 0 amide bonds. The second-order valence-electron chi connectivity index (χ2n) is 11.0. The minimum Gasteiger partial charge on any atom is -0.481 e. The summed E-state index contributed by atoms with van der Waals surface area (Å²) in [6.45, 7) is 0.840. The van der Waals surface area contributed by atoms with Crippen LogP contribution < -0.4 is 5.73 Å². The van der Waals surface area contributed by atoms with Gasteiger partial charge in [0.1, 0.15) is 0 Å². The lowest BCUT2D eigenvalue weighted by atomic mass is 10.0. The molecule has 5 nitrogen and oxygen atoms in total. The number of unbranched alkanes of at least 4 members (excludes halogenated alkanes) is 24. The summed E-state index contributed by atoms with van der Waals surface area (Å²) in [5.74, 6) is -1.32. The molecule has 0 fully saturated rings. The Morgan fingerprint density at radius 3 is 0.816 bits per heavy atom. The Balaban J connectivity index is 0. The van der Waals surface area contributed by atoms with Crippen molar-refractivity contribution in [2.75, 3.05) is 11.9 Å². The van der Waals surface area contributed by atoms with E-state index in [0.29, 0.717) is 12.8 Å². The van der Waals surface area contributed by atoms with Gasteiger partial charge in [-0.25, -0.2) is 0 Å². The summed E-state index contributed by atoms with van der Waals surface area (Å²) >= 11 is 3.46. The van der Waals surface area contributed by atoms with E-state index < -0.39 is 11.9 Å². The van der Waals surface area contributed by atoms with E-state index in [9.17, 15) is 9.59 Å². The zero-order chi connectivity index (χ0) is 28.4. The summed E-state index contributed by atoms with van der Waals surface area (Å²) in [6, 6.07) is 0. The van der Waals surface area contributed by atoms with Gasteiger partial charge in [0.25, 0.3) is 0 Å². The average molecular weight is 607 g/mol. The first-order chi connectivity index (χ1) is 18.5. The monoisotopic (exact) mass is 605 g/mol. The lowest BCUT2D eigenvalue weighted by molar-refractivity contribution is -0.138. The van der Waals surface area contributed by atoms with E-state index in [4.69, 9.17) is 15.9 Å². The van der Waals surface area contributed by atoms with Gasteiger partial charge in [0, 0.05) is 18.2 Å². The van der Waals surface area contributed by atoms with Gasteiger partial charge in [-0.2, -0.15) is 0 Å². The first-order valence-corrected chi connectivity index (χ1v) is 17.4. The minimum absolute atomic E-state index is 0.337. The van der Waals surface area contributed by atoms with E-state index in [1.165, 1.54) is 141 Å². The minimum atomic E-state index is -0.661. The second kappa shape index (κ2) is 36.4. The van der Waals surface area contributed by atoms with Crippen molar-refractivity contribution in [3.05, 3.63) is 0 Å². The molecule has 0 atom stereocenters. The number of carboxylic acids is 2. The van der Waals surface area contributed by atoms with Crippen LogP contribution in [0.2, 0.25) is 0 Å². The molecule has 0 saturated carbocycles. The van der Waals surface area contributed by atoms with Crippen LogP contribution in [-0.4, -0.2) is 34.0 Å². The topological polar surface area (TPSA) is 101 Å². The molecule has 4 N–H and O–H groups in total. The highest BCUT2D eigenvalue weighted by Crippen LogP contribution is 2.14. The molecular formula is C32H64BrNO4. The first kappa shape index (κ1) is 39.5. The average Bonchev–Trinajstić information content (AvgIpc) is 2.89. The molecule has 0 aromatic heterocycles. The van der Waals surface area contributed by atoms with E-state index in [0.717, 1.165) is 37.6 Å². The number of hydrogen-bond acceptors (Lipinski definition) is 3. The summed E-state index contributed by atoms with van der Waals surface area (Å²) in [4.78, 5) is 20.6. The van der Waals surface area contributed by atoms with Crippen LogP contribution in [0.5, 0.6) is 0 Å². The van der Waals surface area contributed by atoms with Crippen molar-refractivity contribution < 1.29 is 19.8 Å². The molecule has 228 valence electrons. The summed E-state index contributed by atoms with van der Waals surface area (Å²) in [6.07, 6.45) is 33.9. The molecule has 0 heterocycles. The number of rotatable bonds is 30. The molecule has 0 spiro atoms. The van der Waals surface area contributed by atoms with Crippen LogP contribution in [-0.2, 0) is 9.59 Å². The predicted molar refractivity (Wildman–Crippen MR) is 167 cm³/mol. The van der Waals surface area contributed by atoms with Crippen molar-refractivity contribution in [2.45, 2.75) is 180 Å². The summed E-state index contributed by atoms with van der Waals surface area (Å²) < 4.78 is 0. The Hall–Kier alpha value is -0.620. The van der Waals surface area contributed by atoms with Crippen molar-refractivity contribution in [3.8, 4) is 0 Å². The predicted octanol–water partition coefficient (Wildman–Crippen LogP) is 10.4. The quantitative estimate of drug-likeness (QED) is 0.0558. The largest absolute Gasteiger partial charge is 0.481 e. The molecule has 38 heavy (non-hydrogen) atoms. The highest BCUT2D eigenvalue weighted by molar-refractivity contribution is 9.09. The number of aliphatic carboxylic acids is 2. The molecule has 0 bridgehead atoms. The maximum atomic E-state index is 10.3. The third-order valence-corrected chi connectivity index (χ3v) is 7.68. The van der Waals surface area contributed by atoms with Crippen LogP contribution >= 0.6 is 15.9 Å². The fourth-order valence-corrected chi connectivity index (χ4v) is 5.08. The van der Waals surface area contributed by atoms with Crippen LogP contribution in [0, 0.1) is 0 Å². The van der Waals surface area contributed by atoms with Crippen molar-refractivity contribution >= 4 is 27.9 Å². The summed E-state index contributed by atoms with van der Waals surface area (Å²) in [7, 11) is 0. The molecule has 0 rings (SSSR count). The summed E-state index contributed by atoms with van der Waals surface area (Å²) in [5, 5.41) is 18.2. The van der Waals surface area contributed by atoms with E-state index in [1.54, 1.807) is 0 Å². The van der Waals surface area contributed by atoms with Crippen LogP contribution in [0.1, 0.15) is 180 Å². The number of carbonyl (C=O) groups is 2. The van der Waals surface area contributed by atoms with Gasteiger partial charge in [0.05, 0.1) is 0 Å². The Morgan fingerprint density at radius 1 is 0.395 bits per heavy atom. The Kier molecular flexibility index (Phi) is 37.8. The third-order valence-electron chi connectivity index (χ3n) is 7.12. The molecule has 0 aromatic carbocycles. The van der Waals surface area contributed by atoms with Crippen molar-refractivity contribution in [2.24, 2.45) is 5.73 Å². The SMILES string of the molecule is NCCCCCCCCCCCCCCCC(=O)O.O=C(O)CCCCCCCCCCCCCCCBr. The molecule has 0 aliphatic rings. The Morgan fingerprint density at radius 2 is 0.605 bits per heavy atom. The van der Waals surface area contributed by atoms with Crippen molar-refractivity contribution in [1.82, 2.24) is 0 Å². The molecule has 0 unspecified atom stereocenters. The standard InChI is InChI=1S/C16H31BrO2.C16H33NO2/c2*17-15-13-11-9-7-5-3-1-2-4-6-8-10-12-14-16(18)19/h1-15H2,(H,18,19);1-15,17H2,(H,18,19). The lowest BCUT2D eigenvalue weighted by Gasteiger charge is -2.02. The van der Waals surface area contributed by atoms with E-state index in [-0.39, 0.29) is 0 Å². The number of hydrogen-bond donors (Lipinski definition) is 3. The zero-order valence-corrected chi connectivity index (χ0v) is 26.5. The van der Waals surface area contributed by atoms with Gasteiger partial charge < -0.3 is 15.9 Å². The molecule has 0 aromatic rings. The molecule has 0 saturated heterocycles. The maximum absolute atomic E-state index is 10.3. The number of carboxylic acid groups (broad SMARTS) is 2. The van der Waals surface area contributed by atoms with Crippen LogP contribution in [0.4, 0.5) is 0 Å². The third kappa shape index (κ3) is 42.5. The Labute approximate surface area is 244 Å². The number of alkyl halides is 1. The number of nitrogens with two attached hydrogens (primary N) is 1. The van der Waals surface area contributed by atoms with Crippen molar-refractivity contribution in [3.63, 3.8) is 0 Å². The van der Waals surface area contributed by atoms with E-state index >= 15 is 0 Å².